The lowest BCUT2D eigenvalue weighted by molar-refractivity contribution is -0.119. The van der Waals surface area contributed by atoms with Crippen LogP contribution in [0.5, 0.6) is 11.5 Å². The summed E-state index contributed by atoms with van der Waals surface area (Å²) in [6, 6.07) is 5.30. The number of nitrogens with zero attached hydrogens (tertiary/aromatic N) is 2. The van der Waals surface area contributed by atoms with Gasteiger partial charge in [0.15, 0.2) is 17.4 Å². The molecule has 0 fully saturated rings. The molecule has 0 saturated heterocycles. The predicted molar refractivity (Wildman–Crippen MR) is 119 cm³/mol. The minimum Gasteiger partial charge on any atom is -0.497 e. The summed E-state index contributed by atoms with van der Waals surface area (Å²) >= 11 is 18.8. The summed E-state index contributed by atoms with van der Waals surface area (Å²) in [7, 11) is 3.10. The fourth-order valence-corrected chi connectivity index (χ4v) is 3.69. The fraction of sp³-hybridized carbons (Fsp3) is 0.158. The molecule has 8 nitrogen and oxygen atoms in total. The Kier molecular flexibility index (Phi) is 7.55. The van der Waals surface area contributed by atoms with Crippen LogP contribution in [-0.2, 0) is 9.53 Å². The Morgan fingerprint density at radius 1 is 1.13 bits per heavy atom. The summed E-state index contributed by atoms with van der Waals surface area (Å²) in [4.78, 5) is 32.4. The van der Waals surface area contributed by atoms with E-state index in [4.69, 9.17) is 49.0 Å². The Hall–Kier alpha value is -2.59. The maximum Gasteiger partial charge on any atom is 0.359 e. The fourth-order valence-electron chi connectivity index (χ4n) is 2.41. The Bertz CT molecular complexity index is 1140. The molecule has 3 rings (SSSR count). The summed E-state index contributed by atoms with van der Waals surface area (Å²) in [5, 5.41) is 4.52. The molecule has 0 aliphatic rings. The Balaban J connectivity index is 1.64. The molecule has 2 heterocycles. The second-order valence-corrected chi connectivity index (χ2v) is 7.83. The number of benzene rings is 1. The molecule has 3 aromatic rings. The van der Waals surface area contributed by atoms with Crippen molar-refractivity contribution in [3.8, 4) is 22.8 Å². The monoisotopic (exact) mass is 501 g/mol. The highest BCUT2D eigenvalue weighted by Gasteiger charge is 2.20. The number of thiazole rings is 1. The Labute approximate surface area is 196 Å². The normalized spacial score (nSPS) is 10.5. The van der Waals surface area contributed by atoms with Crippen molar-refractivity contribution in [2.45, 2.75) is 0 Å². The molecular formula is C19H14Cl3N3O5S. The zero-order chi connectivity index (χ0) is 22.5. The van der Waals surface area contributed by atoms with Gasteiger partial charge in [-0.25, -0.2) is 14.8 Å². The van der Waals surface area contributed by atoms with Gasteiger partial charge < -0.3 is 14.2 Å². The first-order valence-electron chi connectivity index (χ1n) is 8.48. The minimum atomic E-state index is -0.917. The van der Waals surface area contributed by atoms with Crippen LogP contribution in [0, 0.1) is 0 Å². The third kappa shape index (κ3) is 5.37. The number of hydrogen-bond acceptors (Lipinski definition) is 8. The van der Waals surface area contributed by atoms with Gasteiger partial charge in [0.2, 0.25) is 0 Å². The number of halogens is 3. The number of ether oxygens (including phenoxy) is 3. The zero-order valence-corrected chi connectivity index (χ0v) is 19.2. The van der Waals surface area contributed by atoms with E-state index in [-0.39, 0.29) is 20.8 Å². The van der Waals surface area contributed by atoms with Crippen molar-refractivity contribution in [2.75, 3.05) is 26.1 Å². The van der Waals surface area contributed by atoms with Gasteiger partial charge in [-0.2, -0.15) is 0 Å². The van der Waals surface area contributed by atoms with Crippen molar-refractivity contribution in [1.29, 1.82) is 0 Å². The number of methoxy groups -OCH3 is 2. The van der Waals surface area contributed by atoms with E-state index in [0.717, 1.165) is 6.20 Å². The van der Waals surface area contributed by atoms with E-state index in [0.29, 0.717) is 27.9 Å². The molecule has 1 N–H and O–H groups in total. The second-order valence-electron chi connectivity index (χ2n) is 5.81. The quantitative estimate of drug-likeness (QED) is 0.455. The highest BCUT2D eigenvalue weighted by atomic mass is 35.5. The molecule has 0 unspecified atom stereocenters. The van der Waals surface area contributed by atoms with Gasteiger partial charge in [0, 0.05) is 17.1 Å². The highest BCUT2D eigenvalue weighted by molar-refractivity contribution is 7.14. The summed E-state index contributed by atoms with van der Waals surface area (Å²) in [5.74, 6) is -0.275. The maximum atomic E-state index is 12.2. The first kappa shape index (κ1) is 23.1. The van der Waals surface area contributed by atoms with E-state index >= 15 is 0 Å². The van der Waals surface area contributed by atoms with Gasteiger partial charge in [-0.05, 0) is 18.2 Å². The first-order valence-corrected chi connectivity index (χ1v) is 10.5. The molecule has 0 spiro atoms. The Morgan fingerprint density at radius 3 is 2.61 bits per heavy atom. The van der Waals surface area contributed by atoms with Crippen LogP contribution >= 0.6 is 46.1 Å². The standard InChI is InChI=1S/C19H14Cl3N3O5S/c1-28-9-3-4-13(29-2)10(5-9)12-8-31-19(24-12)25-14(26)7-30-18(27)17-16(22)15(21)11(20)6-23-17/h3-6,8H,7H2,1-2H3,(H,24,25,26). The van der Waals surface area contributed by atoms with Gasteiger partial charge >= 0.3 is 5.97 Å². The number of pyridine rings is 1. The number of anilines is 1. The maximum absolute atomic E-state index is 12.2. The lowest BCUT2D eigenvalue weighted by Gasteiger charge is -2.08. The third-order valence-electron chi connectivity index (χ3n) is 3.88. The molecule has 1 amide bonds. The lowest BCUT2D eigenvalue weighted by Crippen LogP contribution is -2.21. The van der Waals surface area contributed by atoms with Crippen molar-refractivity contribution in [3.63, 3.8) is 0 Å². The van der Waals surface area contributed by atoms with Crippen LogP contribution in [0.2, 0.25) is 15.1 Å². The topological polar surface area (TPSA) is 99.6 Å². The van der Waals surface area contributed by atoms with E-state index in [2.05, 4.69) is 15.3 Å². The van der Waals surface area contributed by atoms with E-state index in [1.54, 1.807) is 37.8 Å². The van der Waals surface area contributed by atoms with Crippen LogP contribution < -0.4 is 14.8 Å². The average molecular weight is 503 g/mol. The summed E-state index contributed by atoms with van der Waals surface area (Å²) in [6.45, 7) is -0.575. The summed E-state index contributed by atoms with van der Waals surface area (Å²) in [6.07, 6.45) is 1.16. The number of rotatable bonds is 7. The molecule has 0 atom stereocenters. The number of aromatic nitrogens is 2. The molecule has 12 heteroatoms. The molecule has 0 bridgehead atoms. The number of carbonyl (C=O) groups excluding carboxylic acids is 2. The van der Waals surface area contributed by atoms with Gasteiger partial charge in [0.25, 0.3) is 5.91 Å². The largest absolute Gasteiger partial charge is 0.497 e. The molecule has 0 aliphatic carbocycles. The molecule has 31 heavy (non-hydrogen) atoms. The molecule has 0 aliphatic heterocycles. The predicted octanol–water partition coefficient (Wildman–Crippen LogP) is 4.98. The van der Waals surface area contributed by atoms with Crippen LogP contribution in [0.25, 0.3) is 11.3 Å². The zero-order valence-electron chi connectivity index (χ0n) is 16.1. The van der Waals surface area contributed by atoms with E-state index in [1.807, 2.05) is 0 Å². The molecule has 0 saturated carbocycles. The number of nitrogens with one attached hydrogen (secondary N) is 1. The van der Waals surface area contributed by atoms with Gasteiger partial charge in [0.05, 0.1) is 35.0 Å². The van der Waals surface area contributed by atoms with Crippen molar-refractivity contribution < 1.29 is 23.8 Å². The molecule has 0 radical (unpaired) electrons. The Morgan fingerprint density at radius 2 is 1.90 bits per heavy atom. The number of hydrogen-bond donors (Lipinski definition) is 1. The second kappa shape index (κ2) is 10.1. The molecule has 162 valence electrons. The van der Waals surface area contributed by atoms with Crippen molar-refractivity contribution in [3.05, 3.63) is 50.5 Å². The average Bonchev–Trinajstić information content (AvgIpc) is 3.23. The SMILES string of the molecule is COc1ccc(OC)c(-c2csc(NC(=O)COC(=O)c3ncc(Cl)c(Cl)c3Cl)n2)c1. The molecular weight excluding hydrogens is 489 g/mol. The minimum absolute atomic E-state index is 0.0296. The van der Waals surface area contributed by atoms with Crippen LogP contribution in [-0.4, -0.2) is 42.7 Å². The number of esters is 1. The van der Waals surface area contributed by atoms with Crippen molar-refractivity contribution in [1.82, 2.24) is 9.97 Å². The van der Waals surface area contributed by atoms with Crippen molar-refractivity contribution >= 4 is 63.1 Å². The number of carbonyl (C=O) groups is 2. The van der Waals surface area contributed by atoms with Crippen LogP contribution in [0.1, 0.15) is 10.5 Å². The lowest BCUT2D eigenvalue weighted by atomic mass is 10.1. The van der Waals surface area contributed by atoms with E-state index in [9.17, 15) is 9.59 Å². The summed E-state index contributed by atoms with van der Waals surface area (Å²) < 4.78 is 15.5. The van der Waals surface area contributed by atoms with Crippen molar-refractivity contribution in [2.24, 2.45) is 0 Å². The van der Waals surface area contributed by atoms with Crippen LogP contribution in [0.15, 0.2) is 29.8 Å². The van der Waals surface area contributed by atoms with Crippen LogP contribution in [0.4, 0.5) is 5.13 Å². The van der Waals surface area contributed by atoms with E-state index in [1.165, 1.54) is 11.3 Å². The van der Waals surface area contributed by atoms with Gasteiger partial charge in [0.1, 0.15) is 11.5 Å². The summed E-state index contributed by atoms with van der Waals surface area (Å²) in [5.41, 5.74) is 1.04. The highest BCUT2D eigenvalue weighted by Crippen LogP contribution is 2.35. The van der Waals surface area contributed by atoms with Crippen LogP contribution in [0.3, 0.4) is 0 Å². The van der Waals surface area contributed by atoms with Gasteiger partial charge in [-0.15, -0.1) is 11.3 Å². The molecule has 2 aromatic heterocycles. The smallest absolute Gasteiger partial charge is 0.359 e. The molecule has 1 aromatic carbocycles. The van der Waals surface area contributed by atoms with Gasteiger partial charge in [-0.3, -0.25) is 10.1 Å². The first-order chi connectivity index (χ1) is 14.8. The number of amides is 1. The third-order valence-corrected chi connectivity index (χ3v) is 5.88. The van der Waals surface area contributed by atoms with E-state index < -0.39 is 18.5 Å². The van der Waals surface area contributed by atoms with Gasteiger partial charge in [-0.1, -0.05) is 34.8 Å².